The zero-order valence-corrected chi connectivity index (χ0v) is 14.3. The lowest BCUT2D eigenvalue weighted by Crippen LogP contribution is -2.16. The summed E-state index contributed by atoms with van der Waals surface area (Å²) >= 11 is 2.94. The smallest absolute Gasteiger partial charge is 0.230 e. The van der Waals surface area contributed by atoms with Crippen LogP contribution in [0.25, 0.3) is 0 Å². The van der Waals surface area contributed by atoms with E-state index in [4.69, 9.17) is 0 Å². The number of amides is 2. The second-order valence-corrected chi connectivity index (χ2v) is 7.04. The number of nitrogens with one attached hydrogen (secondary N) is 2. The van der Waals surface area contributed by atoms with Gasteiger partial charge >= 0.3 is 0 Å². The highest BCUT2D eigenvalue weighted by Crippen LogP contribution is 2.30. The second kappa shape index (κ2) is 7.14. The van der Waals surface area contributed by atoms with Crippen LogP contribution >= 0.6 is 23.1 Å². The van der Waals surface area contributed by atoms with Crippen molar-refractivity contribution in [1.29, 1.82) is 0 Å². The number of para-hydroxylation sites is 1. The van der Waals surface area contributed by atoms with E-state index < -0.39 is 0 Å². The maximum absolute atomic E-state index is 12.2. The average Bonchev–Trinajstić information content (AvgIpc) is 3.30. The Morgan fingerprint density at radius 2 is 2.09 bits per heavy atom. The molecule has 3 rings (SSSR count). The van der Waals surface area contributed by atoms with E-state index in [9.17, 15) is 9.59 Å². The molecule has 2 amide bonds. The second-order valence-electron chi connectivity index (χ2n) is 5.33. The molecule has 1 heterocycles. The van der Waals surface area contributed by atoms with E-state index >= 15 is 0 Å². The highest BCUT2D eigenvalue weighted by atomic mass is 32.2. The Morgan fingerprint density at radius 1 is 1.30 bits per heavy atom. The van der Waals surface area contributed by atoms with Crippen molar-refractivity contribution in [2.24, 2.45) is 5.92 Å². The van der Waals surface area contributed by atoms with Crippen LogP contribution in [0, 0.1) is 5.92 Å². The topological polar surface area (TPSA) is 71.1 Å². The maximum Gasteiger partial charge on any atom is 0.230 e. The number of hydrogen-bond donors (Lipinski definition) is 2. The molecule has 0 unspecified atom stereocenters. The number of nitrogens with zero attached hydrogens (tertiary/aromatic N) is 1. The molecule has 1 aromatic heterocycles. The molecule has 120 valence electrons. The minimum atomic E-state index is -0.114. The van der Waals surface area contributed by atoms with Crippen molar-refractivity contribution in [1.82, 2.24) is 4.98 Å². The Hall–Kier alpha value is -1.86. The van der Waals surface area contributed by atoms with E-state index in [0.717, 1.165) is 23.4 Å². The van der Waals surface area contributed by atoms with Crippen LogP contribution < -0.4 is 10.6 Å². The van der Waals surface area contributed by atoms with Gasteiger partial charge in [0.2, 0.25) is 11.8 Å². The normalized spacial score (nSPS) is 13.6. The fourth-order valence-electron chi connectivity index (χ4n) is 2.11. The monoisotopic (exact) mass is 347 g/mol. The number of thioether (sulfide) groups is 1. The Balaban J connectivity index is 1.57. The van der Waals surface area contributed by atoms with Crippen LogP contribution in [0.2, 0.25) is 0 Å². The lowest BCUT2D eigenvalue weighted by atomic mass is 10.3. The van der Waals surface area contributed by atoms with Crippen molar-refractivity contribution in [2.75, 3.05) is 16.9 Å². The first-order valence-corrected chi connectivity index (χ1v) is 9.44. The molecule has 0 bridgehead atoms. The van der Waals surface area contributed by atoms with Gasteiger partial charge in [0.15, 0.2) is 5.13 Å². The zero-order valence-electron chi connectivity index (χ0n) is 12.7. The van der Waals surface area contributed by atoms with Gasteiger partial charge in [0.1, 0.15) is 0 Å². The molecule has 2 N–H and O–H groups in total. The minimum Gasteiger partial charge on any atom is -0.325 e. The first-order valence-electron chi connectivity index (χ1n) is 7.34. The van der Waals surface area contributed by atoms with Crippen molar-refractivity contribution in [3.05, 3.63) is 35.3 Å². The number of anilines is 2. The predicted molar refractivity (Wildman–Crippen MR) is 94.0 cm³/mol. The molecule has 5 nitrogen and oxygen atoms in total. The number of benzene rings is 1. The summed E-state index contributed by atoms with van der Waals surface area (Å²) in [6, 6.07) is 7.68. The van der Waals surface area contributed by atoms with Crippen LogP contribution in [-0.2, 0) is 16.0 Å². The van der Waals surface area contributed by atoms with Crippen LogP contribution in [0.3, 0.4) is 0 Å². The number of carbonyl (C=O) groups is 2. The summed E-state index contributed by atoms with van der Waals surface area (Å²) in [6.45, 7) is 0. The molecule has 1 aliphatic carbocycles. The van der Waals surface area contributed by atoms with Gasteiger partial charge in [-0.25, -0.2) is 4.98 Å². The van der Waals surface area contributed by atoms with Crippen LogP contribution in [0.5, 0.6) is 0 Å². The molecular weight excluding hydrogens is 330 g/mol. The van der Waals surface area contributed by atoms with Crippen molar-refractivity contribution >= 4 is 45.7 Å². The molecule has 0 aliphatic heterocycles. The molecule has 1 aliphatic rings. The van der Waals surface area contributed by atoms with Crippen LogP contribution in [0.1, 0.15) is 18.5 Å². The van der Waals surface area contributed by atoms with Gasteiger partial charge in [0.25, 0.3) is 0 Å². The first-order chi connectivity index (χ1) is 11.2. The summed E-state index contributed by atoms with van der Waals surface area (Å²) in [5.74, 6) is 0.0646. The third kappa shape index (κ3) is 4.33. The van der Waals surface area contributed by atoms with Crippen molar-refractivity contribution in [3.8, 4) is 0 Å². The van der Waals surface area contributed by atoms with Crippen molar-refractivity contribution < 1.29 is 9.59 Å². The summed E-state index contributed by atoms with van der Waals surface area (Å²) in [5.41, 5.74) is 1.47. The Bertz CT molecular complexity index is 726. The molecular formula is C16H17N3O2S2. The summed E-state index contributed by atoms with van der Waals surface area (Å²) in [7, 11) is 0. The lowest BCUT2D eigenvalue weighted by Gasteiger charge is -2.08. The maximum atomic E-state index is 12.2. The Kier molecular flexibility index (Phi) is 4.97. The molecule has 23 heavy (non-hydrogen) atoms. The molecule has 1 saturated carbocycles. The summed E-state index contributed by atoms with van der Waals surface area (Å²) in [5, 5.41) is 8.08. The van der Waals surface area contributed by atoms with Crippen molar-refractivity contribution in [3.63, 3.8) is 0 Å². The summed E-state index contributed by atoms with van der Waals surface area (Å²) in [4.78, 5) is 29.2. The molecule has 2 aromatic rings. The van der Waals surface area contributed by atoms with Gasteiger partial charge in [-0.3, -0.25) is 9.59 Å². The van der Waals surface area contributed by atoms with E-state index in [1.165, 1.54) is 11.3 Å². The van der Waals surface area contributed by atoms with Crippen molar-refractivity contribution in [2.45, 2.75) is 24.2 Å². The van der Waals surface area contributed by atoms with E-state index in [1.54, 1.807) is 11.8 Å². The molecule has 0 radical (unpaired) electrons. The number of rotatable bonds is 6. The molecule has 7 heteroatoms. The van der Waals surface area contributed by atoms with Gasteiger partial charge < -0.3 is 10.6 Å². The molecule has 0 atom stereocenters. The number of thiazole rings is 1. The standard InChI is InChI=1S/C16H17N3O2S2/c1-22-13-5-3-2-4-12(13)18-14(20)8-11-9-23-16(17-11)19-15(21)10-6-7-10/h2-5,9-10H,6-8H2,1H3,(H,18,20)(H,17,19,21). The Labute approximate surface area is 142 Å². The third-order valence-corrected chi connectivity index (χ3v) is 5.06. The van der Waals surface area contributed by atoms with Crippen LogP contribution in [-0.4, -0.2) is 23.1 Å². The van der Waals surface area contributed by atoms with E-state index in [2.05, 4.69) is 15.6 Å². The van der Waals surface area contributed by atoms with E-state index in [-0.39, 0.29) is 24.2 Å². The lowest BCUT2D eigenvalue weighted by molar-refractivity contribution is -0.117. The van der Waals surface area contributed by atoms with Gasteiger partial charge in [0, 0.05) is 16.2 Å². The molecule has 0 saturated heterocycles. The third-order valence-electron chi connectivity index (χ3n) is 3.45. The van der Waals surface area contributed by atoms with Gasteiger partial charge in [-0.15, -0.1) is 23.1 Å². The van der Waals surface area contributed by atoms with Gasteiger partial charge in [-0.1, -0.05) is 12.1 Å². The highest BCUT2D eigenvalue weighted by Gasteiger charge is 2.30. The average molecular weight is 347 g/mol. The first kappa shape index (κ1) is 16.0. The van der Waals surface area contributed by atoms with Crippen LogP contribution in [0.4, 0.5) is 10.8 Å². The largest absolute Gasteiger partial charge is 0.325 e. The van der Waals surface area contributed by atoms with Gasteiger partial charge in [-0.2, -0.15) is 0 Å². The fraction of sp³-hybridized carbons (Fsp3) is 0.312. The predicted octanol–water partition coefficient (Wildman–Crippen LogP) is 3.39. The summed E-state index contributed by atoms with van der Waals surface area (Å²) in [6.07, 6.45) is 4.08. The summed E-state index contributed by atoms with van der Waals surface area (Å²) < 4.78 is 0. The van der Waals surface area contributed by atoms with E-state index in [0.29, 0.717) is 10.8 Å². The highest BCUT2D eigenvalue weighted by molar-refractivity contribution is 7.98. The molecule has 1 fully saturated rings. The SMILES string of the molecule is CSc1ccccc1NC(=O)Cc1csc(NC(=O)C2CC2)n1. The van der Waals surface area contributed by atoms with Gasteiger partial charge in [0.05, 0.1) is 17.8 Å². The minimum absolute atomic E-state index is 0.0317. The van der Waals surface area contributed by atoms with E-state index in [1.807, 2.05) is 35.9 Å². The van der Waals surface area contributed by atoms with Crippen LogP contribution in [0.15, 0.2) is 34.5 Å². The fourth-order valence-corrected chi connectivity index (χ4v) is 3.37. The molecule has 1 aromatic carbocycles. The zero-order chi connectivity index (χ0) is 16.2. The Morgan fingerprint density at radius 3 is 2.83 bits per heavy atom. The van der Waals surface area contributed by atoms with Gasteiger partial charge in [-0.05, 0) is 31.2 Å². The quantitative estimate of drug-likeness (QED) is 0.786. The number of aromatic nitrogens is 1. The molecule has 0 spiro atoms. The number of hydrogen-bond acceptors (Lipinski definition) is 5. The number of carbonyl (C=O) groups excluding carboxylic acids is 2.